The molecule has 0 aliphatic carbocycles. The van der Waals surface area contributed by atoms with Gasteiger partial charge in [0, 0.05) is 36.8 Å². The van der Waals surface area contributed by atoms with E-state index in [-0.39, 0.29) is 43.4 Å². The lowest BCUT2D eigenvalue weighted by Crippen LogP contribution is -2.52. The molecule has 1 spiro atoms. The summed E-state index contributed by atoms with van der Waals surface area (Å²) >= 11 is 0. The minimum atomic E-state index is -1.05. The van der Waals surface area contributed by atoms with Crippen molar-refractivity contribution < 1.29 is 33.4 Å². The summed E-state index contributed by atoms with van der Waals surface area (Å²) in [5.74, 6) is -3.93. The largest absolute Gasteiger partial charge is 0.503 e. The van der Waals surface area contributed by atoms with Crippen molar-refractivity contribution in [2.75, 3.05) is 13.2 Å². The normalized spacial score (nSPS) is 27.8. The molecule has 192 valence electrons. The zero-order chi connectivity index (χ0) is 25.9. The number of fused-ring (bicyclic) bond motifs is 5. The van der Waals surface area contributed by atoms with Crippen LogP contribution in [0.25, 0.3) is 0 Å². The van der Waals surface area contributed by atoms with Crippen molar-refractivity contribution in [3.05, 3.63) is 63.1 Å². The molecule has 2 amide bonds. The molecule has 2 bridgehead atoms. The van der Waals surface area contributed by atoms with Crippen molar-refractivity contribution in [1.82, 2.24) is 14.5 Å². The van der Waals surface area contributed by atoms with Gasteiger partial charge >= 0.3 is 0 Å². The van der Waals surface area contributed by atoms with Crippen LogP contribution in [-0.4, -0.2) is 67.4 Å². The molecule has 1 unspecified atom stereocenters. The van der Waals surface area contributed by atoms with Crippen LogP contribution in [0.5, 0.6) is 5.75 Å². The van der Waals surface area contributed by atoms with E-state index in [2.05, 4.69) is 0 Å². The van der Waals surface area contributed by atoms with E-state index in [1.165, 1.54) is 21.9 Å². The molecule has 3 aliphatic heterocycles. The molecule has 2 aromatic rings. The third-order valence-electron chi connectivity index (χ3n) is 7.61. The Hall–Kier alpha value is -3.35. The predicted molar refractivity (Wildman–Crippen MR) is 121 cm³/mol. The zero-order valence-corrected chi connectivity index (χ0v) is 19.5. The van der Waals surface area contributed by atoms with Gasteiger partial charge in [-0.3, -0.25) is 19.2 Å². The second-order valence-electron chi connectivity index (χ2n) is 9.71. The molecular formula is C24H26F2N4O6. The van der Waals surface area contributed by atoms with E-state index < -0.39 is 57.9 Å². The molecule has 12 heteroatoms. The topological polar surface area (TPSA) is 138 Å². The number of primary amides is 1. The number of aliphatic hydroxyl groups excluding tert-OH is 1. The minimum absolute atomic E-state index is 0.0706. The second-order valence-corrected chi connectivity index (χ2v) is 9.71. The van der Waals surface area contributed by atoms with Gasteiger partial charge in [0.15, 0.2) is 11.4 Å². The van der Waals surface area contributed by atoms with Crippen molar-refractivity contribution in [2.45, 2.75) is 56.5 Å². The summed E-state index contributed by atoms with van der Waals surface area (Å²) < 4.78 is 29.2. The van der Waals surface area contributed by atoms with E-state index in [0.29, 0.717) is 12.8 Å². The number of aromatic nitrogens is 1. The van der Waals surface area contributed by atoms with Crippen molar-refractivity contribution in [3.63, 3.8) is 0 Å². The SMILES string of the molecule is C[C@H]1CC[C@]2(CC(CO)N(Cc3ccc(F)cc3F)O2)[C@H]2CN1C(=O)c1c(O)c(=O)c(C(N)=O)cn12. The Kier molecular flexibility index (Phi) is 5.85. The van der Waals surface area contributed by atoms with Gasteiger partial charge in [-0.2, -0.15) is 5.06 Å². The van der Waals surface area contributed by atoms with Crippen LogP contribution in [0.2, 0.25) is 0 Å². The van der Waals surface area contributed by atoms with Crippen LogP contribution < -0.4 is 11.2 Å². The van der Waals surface area contributed by atoms with Crippen molar-refractivity contribution in [2.24, 2.45) is 5.73 Å². The van der Waals surface area contributed by atoms with Gasteiger partial charge in [-0.05, 0) is 25.8 Å². The first kappa shape index (κ1) is 24.3. The van der Waals surface area contributed by atoms with Gasteiger partial charge in [-0.15, -0.1) is 0 Å². The molecule has 4 N–H and O–H groups in total. The third kappa shape index (κ3) is 3.67. The maximum absolute atomic E-state index is 14.4. The number of benzene rings is 1. The third-order valence-corrected chi connectivity index (χ3v) is 7.61. The number of aromatic hydroxyl groups is 1. The first-order valence-electron chi connectivity index (χ1n) is 11.7. The lowest BCUT2D eigenvalue weighted by molar-refractivity contribution is -0.229. The smallest absolute Gasteiger partial charge is 0.274 e. The Morgan fingerprint density at radius 1 is 1.31 bits per heavy atom. The van der Waals surface area contributed by atoms with E-state index in [4.69, 9.17) is 10.6 Å². The number of amides is 2. The Bertz CT molecular complexity index is 1320. The van der Waals surface area contributed by atoms with Crippen LogP contribution in [0.1, 0.15) is 58.6 Å². The van der Waals surface area contributed by atoms with Gasteiger partial charge in [-0.1, -0.05) is 6.07 Å². The van der Waals surface area contributed by atoms with E-state index in [1.807, 2.05) is 6.92 Å². The molecule has 2 fully saturated rings. The number of hydroxylamine groups is 2. The first-order chi connectivity index (χ1) is 17.1. The van der Waals surface area contributed by atoms with Crippen LogP contribution in [0.4, 0.5) is 8.78 Å². The summed E-state index contributed by atoms with van der Waals surface area (Å²) in [7, 11) is 0. The number of nitrogens with zero attached hydrogens (tertiary/aromatic N) is 3. The standard InChI is InChI=1S/C24H26F2N4O6/c1-12-4-5-24(7-15(11-31)30(36-24)8-13-2-3-14(25)6-17(13)26)18-10-28(12)23(35)19-21(33)20(32)16(22(27)34)9-29(18)19/h2-3,6,9,12,15,18,31,33H,4-5,7-8,10-11H2,1H3,(H2,27,34)/t12-,15?,18+,24-/m0/s1. The lowest BCUT2D eigenvalue weighted by Gasteiger charge is -2.42. The molecule has 5 rings (SSSR count). The summed E-state index contributed by atoms with van der Waals surface area (Å²) in [5.41, 5.74) is 2.75. The molecule has 4 heterocycles. The number of nitrogens with two attached hydrogens (primary N) is 1. The molecule has 1 aromatic carbocycles. The highest BCUT2D eigenvalue weighted by Crippen LogP contribution is 2.48. The molecule has 0 saturated carbocycles. The number of halogens is 2. The fraction of sp³-hybridized carbons (Fsp3) is 0.458. The highest BCUT2D eigenvalue weighted by atomic mass is 19.1. The number of hydrogen-bond donors (Lipinski definition) is 3. The lowest BCUT2D eigenvalue weighted by atomic mass is 9.83. The Balaban J connectivity index is 1.61. The van der Waals surface area contributed by atoms with E-state index in [1.54, 1.807) is 4.90 Å². The molecule has 10 nitrogen and oxygen atoms in total. The average Bonchev–Trinajstić information content (AvgIpc) is 3.13. The van der Waals surface area contributed by atoms with Crippen LogP contribution in [0.3, 0.4) is 0 Å². The van der Waals surface area contributed by atoms with Gasteiger partial charge in [0.05, 0.1) is 25.2 Å². The Morgan fingerprint density at radius 3 is 2.72 bits per heavy atom. The predicted octanol–water partition coefficient (Wildman–Crippen LogP) is 1.05. The minimum Gasteiger partial charge on any atom is -0.503 e. The molecule has 2 saturated heterocycles. The maximum atomic E-state index is 14.4. The molecule has 0 radical (unpaired) electrons. The van der Waals surface area contributed by atoms with Gasteiger partial charge in [-0.25, -0.2) is 8.78 Å². The highest BCUT2D eigenvalue weighted by molar-refractivity contribution is 5.99. The highest BCUT2D eigenvalue weighted by Gasteiger charge is 2.56. The van der Waals surface area contributed by atoms with Crippen LogP contribution in [0, 0.1) is 11.6 Å². The van der Waals surface area contributed by atoms with Crippen LogP contribution in [-0.2, 0) is 11.4 Å². The van der Waals surface area contributed by atoms with Crippen LogP contribution >= 0.6 is 0 Å². The number of rotatable bonds is 4. The fourth-order valence-electron chi connectivity index (χ4n) is 5.65. The molecular weight excluding hydrogens is 478 g/mol. The average molecular weight is 504 g/mol. The van der Waals surface area contributed by atoms with Crippen molar-refractivity contribution in [1.29, 1.82) is 0 Å². The summed E-state index contributed by atoms with van der Waals surface area (Å²) in [6.07, 6.45) is 2.40. The fourth-order valence-corrected chi connectivity index (χ4v) is 5.65. The first-order valence-corrected chi connectivity index (χ1v) is 11.7. The van der Waals surface area contributed by atoms with E-state index in [0.717, 1.165) is 12.1 Å². The number of aliphatic hydroxyl groups is 1. The molecule has 36 heavy (non-hydrogen) atoms. The Morgan fingerprint density at radius 2 is 2.06 bits per heavy atom. The van der Waals surface area contributed by atoms with Gasteiger partial charge in [0.1, 0.15) is 22.8 Å². The number of pyridine rings is 1. The number of hydrogen-bond acceptors (Lipinski definition) is 7. The molecule has 1 aromatic heterocycles. The van der Waals surface area contributed by atoms with Crippen molar-refractivity contribution >= 4 is 11.8 Å². The quantitative estimate of drug-likeness (QED) is 0.566. The summed E-state index contributed by atoms with van der Waals surface area (Å²) in [4.78, 5) is 45.7. The summed E-state index contributed by atoms with van der Waals surface area (Å²) in [5, 5.41) is 22.2. The van der Waals surface area contributed by atoms with Crippen molar-refractivity contribution in [3.8, 4) is 5.75 Å². The summed E-state index contributed by atoms with van der Waals surface area (Å²) in [6.45, 7) is 1.62. The van der Waals surface area contributed by atoms with Crippen LogP contribution in [0.15, 0.2) is 29.2 Å². The van der Waals surface area contributed by atoms with E-state index in [9.17, 15) is 33.4 Å². The van der Waals surface area contributed by atoms with Gasteiger partial charge in [0.2, 0.25) is 5.43 Å². The van der Waals surface area contributed by atoms with Gasteiger partial charge in [0.25, 0.3) is 11.8 Å². The number of carbonyl (C=O) groups is 2. The zero-order valence-electron chi connectivity index (χ0n) is 19.5. The molecule has 4 atom stereocenters. The Labute approximate surface area is 204 Å². The van der Waals surface area contributed by atoms with Gasteiger partial charge < -0.3 is 25.4 Å². The monoisotopic (exact) mass is 504 g/mol. The second kappa shape index (κ2) is 8.64. The summed E-state index contributed by atoms with van der Waals surface area (Å²) in [6, 6.07) is 1.75. The maximum Gasteiger partial charge on any atom is 0.274 e. The number of carbonyl (C=O) groups excluding carboxylic acids is 2. The molecule has 3 aliphatic rings. The van der Waals surface area contributed by atoms with E-state index >= 15 is 0 Å².